The number of halogens is 2. The highest BCUT2D eigenvalue weighted by Crippen LogP contribution is 2.31. The summed E-state index contributed by atoms with van der Waals surface area (Å²) in [5.74, 6) is -0.922. The van der Waals surface area contributed by atoms with E-state index in [9.17, 15) is 4.79 Å². The molecule has 1 aromatic carbocycles. The van der Waals surface area contributed by atoms with Gasteiger partial charge in [0, 0.05) is 5.39 Å². The number of hydrogen-bond donors (Lipinski definition) is 1. The Morgan fingerprint density at radius 3 is 2.76 bits per heavy atom. The van der Waals surface area contributed by atoms with Crippen LogP contribution >= 0.6 is 23.2 Å². The zero-order valence-corrected chi connectivity index (χ0v) is 10.5. The normalized spacial score (nSPS) is 10.8. The molecule has 0 radical (unpaired) electrons. The Hall–Kier alpha value is -1.32. The maximum absolute atomic E-state index is 10.7. The van der Waals surface area contributed by atoms with Crippen LogP contribution in [0.3, 0.4) is 0 Å². The van der Waals surface area contributed by atoms with E-state index in [2.05, 4.69) is 4.98 Å². The van der Waals surface area contributed by atoms with Gasteiger partial charge in [0.05, 0.1) is 27.7 Å². The van der Waals surface area contributed by atoms with Crippen molar-refractivity contribution in [2.75, 3.05) is 0 Å². The van der Waals surface area contributed by atoms with Gasteiger partial charge in [-0.05, 0) is 24.6 Å². The summed E-state index contributed by atoms with van der Waals surface area (Å²) in [4.78, 5) is 14.9. The molecule has 0 bridgehead atoms. The van der Waals surface area contributed by atoms with Crippen molar-refractivity contribution in [3.8, 4) is 0 Å². The van der Waals surface area contributed by atoms with Crippen LogP contribution in [0.4, 0.5) is 0 Å². The lowest BCUT2D eigenvalue weighted by Gasteiger charge is -2.07. The van der Waals surface area contributed by atoms with E-state index in [1.807, 2.05) is 13.0 Å². The van der Waals surface area contributed by atoms with Crippen molar-refractivity contribution in [3.63, 3.8) is 0 Å². The van der Waals surface area contributed by atoms with Gasteiger partial charge >= 0.3 is 5.97 Å². The van der Waals surface area contributed by atoms with Gasteiger partial charge in [0.1, 0.15) is 0 Å². The molecule has 0 aliphatic carbocycles. The first kappa shape index (κ1) is 12.1. The first-order chi connectivity index (χ1) is 7.99. The topological polar surface area (TPSA) is 50.2 Å². The van der Waals surface area contributed by atoms with Crippen molar-refractivity contribution in [1.82, 2.24) is 4.98 Å². The van der Waals surface area contributed by atoms with Gasteiger partial charge < -0.3 is 5.11 Å². The highest BCUT2D eigenvalue weighted by molar-refractivity contribution is 6.45. The Labute approximate surface area is 108 Å². The molecule has 0 unspecified atom stereocenters. The molecule has 1 aromatic heterocycles. The average Bonchev–Trinajstić information content (AvgIpc) is 2.23. The maximum Gasteiger partial charge on any atom is 0.309 e. The van der Waals surface area contributed by atoms with Gasteiger partial charge in [-0.3, -0.25) is 9.78 Å². The second-order valence-corrected chi connectivity index (χ2v) is 4.54. The number of benzene rings is 1. The van der Waals surface area contributed by atoms with Crippen LogP contribution in [0.15, 0.2) is 18.2 Å². The molecule has 0 fully saturated rings. The van der Waals surface area contributed by atoms with Crippen molar-refractivity contribution in [2.24, 2.45) is 0 Å². The molecule has 1 heterocycles. The van der Waals surface area contributed by atoms with Gasteiger partial charge in [-0.2, -0.15) is 0 Å². The second-order valence-electron chi connectivity index (χ2n) is 3.76. The monoisotopic (exact) mass is 269 g/mol. The lowest BCUT2D eigenvalue weighted by Crippen LogP contribution is -2.03. The van der Waals surface area contributed by atoms with Crippen molar-refractivity contribution in [1.29, 1.82) is 0 Å². The van der Waals surface area contributed by atoms with E-state index in [1.165, 1.54) is 0 Å². The maximum atomic E-state index is 10.7. The van der Waals surface area contributed by atoms with E-state index >= 15 is 0 Å². The number of carbonyl (C=O) groups is 1. The number of carboxylic acids is 1. The van der Waals surface area contributed by atoms with Crippen LogP contribution in [0.25, 0.3) is 10.9 Å². The fraction of sp³-hybridized carbons (Fsp3) is 0.167. The first-order valence-electron chi connectivity index (χ1n) is 4.95. The van der Waals surface area contributed by atoms with Crippen LogP contribution in [0.5, 0.6) is 0 Å². The standard InChI is InChI=1S/C12H9Cl2NO2/c1-6-4-7(5-10(16)17)15-12-8(6)2-3-9(13)11(12)14/h2-4H,5H2,1H3,(H,16,17). The molecule has 2 rings (SSSR count). The number of hydrogen-bond acceptors (Lipinski definition) is 2. The number of nitrogens with zero attached hydrogens (tertiary/aromatic N) is 1. The summed E-state index contributed by atoms with van der Waals surface area (Å²) >= 11 is 12.0. The van der Waals surface area contributed by atoms with Crippen molar-refractivity contribution < 1.29 is 9.90 Å². The molecule has 0 aliphatic rings. The fourth-order valence-corrected chi connectivity index (χ4v) is 2.08. The van der Waals surface area contributed by atoms with Gasteiger partial charge in [-0.25, -0.2) is 0 Å². The minimum atomic E-state index is -0.922. The number of carboxylic acid groups (broad SMARTS) is 1. The summed E-state index contributed by atoms with van der Waals surface area (Å²) in [5.41, 5.74) is 1.96. The predicted molar refractivity (Wildman–Crippen MR) is 67.8 cm³/mol. The molecular weight excluding hydrogens is 261 g/mol. The third kappa shape index (κ3) is 2.35. The van der Waals surface area contributed by atoms with Crippen molar-refractivity contribution in [3.05, 3.63) is 39.5 Å². The largest absolute Gasteiger partial charge is 0.481 e. The average molecular weight is 270 g/mol. The van der Waals surface area contributed by atoms with Gasteiger partial charge in [-0.1, -0.05) is 29.3 Å². The Morgan fingerprint density at radius 1 is 1.41 bits per heavy atom. The lowest BCUT2D eigenvalue weighted by atomic mass is 10.1. The molecule has 0 amide bonds. The Kier molecular flexibility index (Phi) is 3.22. The van der Waals surface area contributed by atoms with Crippen LogP contribution in [-0.2, 0) is 11.2 Å². The van der Waals surface area contributed by atoms with E-state index in [0.29, 0.717) is 21.3 Å². The molecule has 88 valence electrons. The summed E-state index contributed by atoms with van der Waals surface area (Å²) in [6.45, 7) is 1.89. The molecule has 5 heteroatoms. The first-order valence-corrected chi connectivity index (χ1v) is 5.70. The highest BCUT2D eigenvalue weighted by atomic mass is 35.5. The molecule has 0 aliphatic heterocycles. The van der Waals surface area contributed by atoms with Crippen LogP contribution in [0.2, 0.25) is 10.0 Å². The van der Waals surface area contributed by atoms with Crippen LogP contribution in [-0.4, -0.2) is 16.1 Å². The Balaban J connectivity index is 2.70. The summed E-state index contributed by atoms with van der Waals surface area (Å²) in [7, 11) is 0. The van der Waals surface area contributed by atoms with Crippen LogP contribution < -0.4 is 0 Å². The molecular formula is C12H9Cl2NO2. The summed E-state index contributed by atoms with van der Waals surface area (Å²) in [5, 5.41) is 10.4. The third-order valence-corrected chi connectivity index (χ3v) is 3.26. The van der Waals surface area contributed by atoms with E-state index in [0.717, 1.165) is 10.9 Å². The molecule has 3 nitrogen and oxygen atoms in total. The molecule has 0 atom stereocenters. The zero-order valence-electron chi connectivity index (χ0n) is 9.00. The molecule has 0 saturated heterocycles. The van der Waals surface area contributed by atoms with Gasteiger partial charge in [0.2, 0.25) is 0 Å². The SMILES string of the molecule is Cc1cc(CC(=O)O)nc2c(Cl)c(Cl)ccc12. The quantitative estimate of drug-likeness (QED) is 0.908. The molecule has 0 spiro atoms. The predicted octanol–water partition coefficient (Wildman–Crippen LogP) is 3.48. The number of aliphatic carboxylic acids is 1. The molecule has 1 N–H and O–H groups in total. The van der Waals surface area contributed by atoms with E-state index in [4.69, 9.17) is 28.3 Å². The minimum absolute atomic E-state index is 0.125. The molecule has 0 saturated carbocycles. The van der Waals surface area contributed by atoms with Gasteiger partial charge in [-0.15, -0.1) is 0 Å². The van der Waals surface area contributed by atoms with Crippen molar-refractivity contribution in [2.45, 2.75) is 13.3 Å². The summed E-state index contributed by atoms with van der Waals surface area (Å²) in [6.07, 6.45) is -0.125. The van der Waals surface area contributed by atoms with E-state index in [1.54, 1.807) is 12.1 Å². The Morgan fingerprint density at radius 2 is 2.12 bits per heavy atom. The van der Waals surface area contributed by atoms with Crippen LogP contribution in [0, 0.1) is 6.92 Å². The van der Waals surface area contributed by atoms with Crippen molar-refractivity contribution >= 4 is 40.1 Å². The van der Waals surface area contributed by atoms with E-state index in [-0.39, 0.29) is 6.42 Å². The second kappa shape index (κ2) is 4.51. The molecule has 17 heavy (non-hydrogen) atoms. The van der Waals surface area contributed by atoms with Crippen LogP contribution in [0.1, 0.15) is 11.3 Å². The highest BCUT2D eigenvalue weighted by Gasteiger charge is 2.10. The fourth-order valence-electron chi connectivity index (χ4n) is 1.72. The number of aryl methyl sites for hydroxylation is 1. The van der Waals surface area contributed by atoms with E-state index < -0.39 is 5.97 Å². The Bertz CT molecular complexity index is 611. The van der Waals surface area contributed by atoms with Gasteiger partial charge in [0.25, 0.3) is 0 Å². The number of aromatic nitrogens is 1. The molecule has 2 aromatic rings. The summed E-state index contributed by atoms with van der Waals surface area (Å²) in [6, 6.07) is 5.29. The smallest absolute Gasteiger partial charge is 0.309 e. The number of pyridine rings is 1. The van der Waals surface area contributed by atoms with Gasteiger partial charge in [0.15, 0.2) is 0 Å². The summed E-state index contributed by atoms with van der Waals surface area (Å²) < 4.78 is 0. The minimum Gasteiger partial charge on any atom is -0.481 e. The number of fused-ring (bicyclic) bond motifs is 1. The third-order valence-electron chi connectivity index (χ3n) is 2.46. The zero-order chi connectivity index (χ0) is 12.6. The number of rotatable bonds is 2. The lowest BCUT2D eigenvalue weighted by molar-refractivity contribution is -0.136.